The molecule has 0 aromatic heterocycles. The Kier molecular flexibility index (Phi) is 64.8. The van der Waals surface area contributed by atoms with Crippen molar-refractivity contribution < 1.29 is 37.9 Å². The highest BCUT2D eigenvalue weighted by atomic mass is 16.5. The molecular weight excluding hydrogens is 1480 g/mol. The Morgan fingerprint density at radius 1 is 0.142 bits per heavy atom. The molecule has 4 aromatic carbocycles. The monoisotopic (exact) mass is 1660 g/mol. The first-order valence-electron chi connectivity index (χ1n) is 51.3. The highest BCUT2D eigenvalue weighted by Gasteiger charge is 2.20. The lowest BCUT2D eigenvalue weighted by atomic mass is 10.1. The Hall–Kier alpha value is -6.04. The van der Waals surface area contributed by atoms with Gasteiger partial charge in [0.05, 0.1) is 75.6 Å². The zero-order valence-corrected chi connectivity index (χ0v) is 78.9. The summed E-state index contributed by atoms with van der Waals surface area (Å²) < 4.78 is 55.5. The van der Waals surface area contributed by atoms with Gasteiger partial charge in [-0.05, 0) is 75.6 Å². The molecule has 680 valence electrons. The number of ether oxygens (including phenoxy) is 8. The topological polar surface area (TPSA) is 123 Å². The maximum atomic E-state index is 6.94. The Bertz CT molecular complexity index is 2610. The number of unbranched alkanes of at least 4 members (excludes halogenated alkanes) is 56. The van der Waals surface area contributed by atoms with Gasteiger partial charge < -0.3 is 37.9 Å². The summed E-state index contributed by atoms with van der Waals surface area (Å²) >= 11 is 0. The van der Waals surface area contributed by atoms with Crippen LogP contribution in [0.2, 0.25) is 0 Å². The van der Waals surface area contributed by atoms with Crippen LogP contribution in [0.4, 0.5) is 22.7 Å². The lowest BCUT2D eigenvalue weighted by Crippen LogP contribution is -2.05. The van der Waals surface area contributed by atoms with E-state index in [0.29, 0.717) is 122 Å². The summed E-state index contributed by atoms with van der Waals surface area (Å²) in [5.74, 6) is 5.56. The van der Waals surface area contributed by atoms with E-state index in [9.17, 15) is 0 Å². The molecule has 5 rings (SSSR count). The van der Waals surface area contributed by atoms with Gasteiger partial charge >= 0.3 is 0 Å². The lowest BCUT2D eigenvalue weighted by Gasteiger charge is -2.17. The summed E-state index contributed by atoms with van der Waals surface area (Å²) in [5.41, 5.74) is 5.91. The fraction of sp³-hybridized carbons (Fsp3) is 0.741. The number of nitrogens with zero attached hydrogens (tertiary/aromatic N) is 4. The maximum absolute atomic E-state index is 6.94. The molecule has 0 amide bonds. The molecule has 1 heterocycles. The van der Waals surface area contributed by atoms with Crippen molar-refractivity contribution in [1.82, 2.24) is 0 Å². The molecule has 1 aliphatic rings. The summed E-state index contributed by atoms with van der Waals surface area (Å²) in [5, 5.41) is 0. The van der Waals surface area contributed by atoms with E-state index in [4.69, 9.17) is 57.9 Å². The third-order valence-electron chi connectivity index (χ3n) is 23.8. The molecular formula is C108H180N4O8. The van der Waals surface area contributed by atoms with E-state index in [1.807, 2.05) is 24.9 Å². The minimum atomic E-state index is 0.580. The molecule has 0 spiro atoms. The predicted molar refractivity (Wildman–Crippen MR) is 520 cm³/mol. The minimum Gasteiger partial charge on any atom is -0.490 e. The first kappa shape index (κ1) is 105. The molecule has 0 bridgehead atoms. The lowest BCUT2D eigenvalue weighted by molar-refractivity contribution is 0.258. The number of hydrogen-bond donors (Lipinski definition) is 0. The van der Waals surface area contributed by atoms with E-state index < -0.39 is 0 Å². The van der Waals surface area contributed by atoms with Crippen molar-refractivity contribution in [1.29, 1.82) is 0 Å². The van der Waals surface area contributed by atoms with Crippen molar-refractivity contribution >= 4 is 47.6 Å². The minimum absolute atomic E-state index is 0.580. The Balaban J connectivity index is 1.80. The second-order valence-electron chi connectivity index (χ2n) is 35.1. The van der Waals surface area contributed by atoms with Gasteiger partial charge in [-0.25, -0.2) is 0 Å². The number of fused-ring (bicyclic) bond motifs is 4. The number of rotatable bonds is 80. The molecule has 0 atom stereocenters. The average Bonchev–Trinajstić information content (AvgIpc) is 0.787. The second kappa shape index (κ2) is 74.4. The van der Waals surface area contributed by atoms with Gasteiger partial charge in [0.25, 0.3) is 0 Å². The molecule has 12 nitrogen and oxygen atoms in total. The Morgan fingerprint density at radius 3 is 0.375 bits per heavy atom. The molecule has 4 aromatic rings. The van der Waals surface area contributed by atoms with Crippen molar-refractivity contribution in [2.75, 3.05) is 52.9 Å². The van der Waals surface area contributed by atoms with Crippen molar-refractivity contribution in [3.05, 3.63) is 70.8 Å². The zero-order valence-electron chi connectivity index (χ0n) is 78.9. The molecule has 0 aliphatic carbocycles. The predicted octanol–water partition coefficient (Wildman–Crippen LogP) is 35.2. The van der Waals surface area contributed by atoms with Crippen LogP contribution in [0, 0.1) is 0 Å². The SMILES string of the molecule is CCCCCCCCCCOc1cc2c(cc1OCCCCCCCCCC)N=Cc1cc(OCCCCCCCCCC)c(OCCCCCCCCCC)cc1N=Cc1cc(OCCCCCCCCCC)c(OCCCCCCCCCC)cc1N=Cc1cc(OCCCCCCCCCC)c(OCCCCCCCCCC)cc1N=C2. The van der Waals surface area contributed by atoms with E-state index >= 15 is 0 Å². The van der Waals surface area contributed by atoms with Crippen LogP contribution in [0.3, 0.4) is 0 Å². The van der Waals surface area contributed by atoms with Crippen LogP contribution in [-0.2, 0) is 0 Å². The highest BCUT2D eigenvalue weighted by Crippen LogP contribution is 2.42. The van der Waals surface area contributed by atoms with Gasteiger partial charge in [-0.1, -0.05) is 415 Å². The van der Waals surface area contributed by atoms with Crippen LogP contribution in [0.25, 0.3) is 0 Å². The molecule has 0 unspecified atom stereocenters. The molecule has 0 saturated carbocycles. The fourth-order valence-corrected chi connectivity index (χ4v) is 15.9. The molecule has 0 saturated heterocycles. The summed E-state index contributed by atoms with van der Waals surface area (Å²) in [6, 6.07) is 16.8. The quantitative estimate of drug-likeness (QED) is 0.0353. The summed E-state index contributed by atoms with van der Waals surface area (Å²) in [7, 11) is 0. The molecule has 120 heavy (non-hydrogen) atoms. The smallest absolute Gasteiger partial charge is 0.163 e. The first-order valence-corrected chi connectivity index (χ1v) is 51.3. The van der Waals surface area contributed by atoms with Crippen molar-refractivity contribution in [3.63, 3.8) is 0 Å². The van der Waals surface area contributed by atoms with E-state index in [-0.39, 0.29) is 0 Å². The van der Waals surface area contributed by atoms with E-state index in [1.54, 1.807) is 0 Å². The third-order valence-corrected chi connectivity index (χ3v) is 23.8. The molecule has 0 fully saturated rings. The van der Waals surface area contributed by atoms with Gasteiger partial charge in [0.15, 0.2) is 46.0 Å². The van der Waals surface area contributed by atoms with Crippen molar-refractivity contribution in [2.24, 2.45) is 20.0 Å². The largest absolute Gasteiger partial charge is 0.490 e. The highest BCUT2D eigenvalue weighted by molar-refractivity contribution is 5.99. The first-order chi connectivity index (χ1) is 59.4. The van der Waals surface area contributed by atoms with Crippen LogP contribution >= 0.6 is 0 Å². The third kappa shape index (κ3) is 50.0. The normalized spacial score (nSPS) is 11.9. The van der Waals surface area contributed by atoms with E-state index in [2.05, 4.69) is 104 Å². The maximum Gasteiger partial charge on any atom is 0.163 e. The standard InChI is InChI=1S/C108H180N4O8/c1-9-17-25-33-41-49-57-65-73-113-101-81-93-89-109-98-86-106(118-78-70-62-54-46-38-30-22-14-6)103(115-75-67-59-51-43-35-27-19-11-3)83-95(98)91-111-100-88-108(120-80-72-64-56-48-40-32-24-16-8)104(116-76-68-60-52-44-36-28-20-12-4)84-96(100)92-112-99-87-107(119-79-71-63-55-47-39-31-23-15-7)102(114-74-66-58-50-42-34-26-18-10-2)82-94(99)90-110-97(93)85-105(101)117-77-69-61-53-45-37-29-21-13-5/h81-92H,9-80H2,1-8H3. The van der Waals surface area contributed by atoms with Gasteiger partial charge in [-0.2, -0.15) is 0 Å². The van der Waals surface area contributed by atoms with Crippen molar-refractivity contribution in [3.8, 4) is 46.0 Å². The second-order valence-corrected chi connectivity index (χ2v) is 35.1. The van der Waals surface area contributed by atoms with E-state index in [1.165, 1.54) is 308 Å². The number of benzene rings is 4. The van der Waals surface area contributed by atoms with Crippen LogP contribution in [0.5, 0.6) is 46.0 Å². The molecule has 1 aliphatic heterocycles. The number of hydrogen-bond acceptors (Lipinski definition) is 12. The van der Waals surface area contributed by atoms with Gasteiger partial charge in [0, 0.05) is 71.4 Å². The van der Waals surface area contributed by atoms with Gasteiger partial charge in [0.2, 0.25) is 0 Å². The van der Waals surface area contributed by atoms with Gasteiger partial charge in [0.1, 0.15) is 0 Å². The number of aliphatic imine (C=N–C) groups is 4. The van der Waals surface area contributed by atoms with Crippen LogP contribution < -0.4 is 37.9 Å². The average molecular weight is 1660 g/mol. The van der Waals surface area contributed by atoms with Gasteiger partial charge in [-0.15, -0.1) is 0 Å². The summed E-state index contributed by atoms with van der Waals surface area (Å²) in [4.78, 5) is 22.3. The summed E-state index contributed by atoms with van der Waals surface area (Å²) in [6.45, 7) is 23.0. The van der Waals surface area contributed by atoms with Crippen LogP contribution in [-0.4, -0.2) is 77.7 Å². The fourth-order valence-electron chi connectivity index (χ4n) is 15.9. The summed E-state index contributed by atoms with van der Waals surface area (Å²) in [6.07, 6.45) is 85.6. The van der Waals surface area contributed by atoms with Crippen LogP contribution in [0.15, 0.2) is 68.5 Å². The molecule has 0 N–H and O–H groups in total. The van der Waals surface area contributed by atoms with Gasteiger partial charge in [-0.3, -0.25) is 20.0 Å². The van der Waals surface area contributed by atoms with Crippen LogP contribution in [0.1, 0.15) is 489 Å². The van der Waals surface area contributed by atoms with E-state index in [0.717, 1.165) is 125 Å². The molecule has 12 heteroatoms. The Morgan fingerprint density at radius 2 is 0.250 bits per heavy atom. The Labute approximate surface area is 737 Å². The molecule has 0 radical (unpaired) electrons. The van der Waals surface area contributed by atoms with Crippen molar-refractivity contribution in [2.45, 2.75) is 466 Å². The zero-order chi connectivity index (χ0) is 85.1.